The average molecular weight is 394 g/mol. The molecule has 1 aromatic heterocycles. The fraction of sp³-hybridized carbons (Fsp3) is 0.304. The molecule has 0 radical (unpaired) electrons. The number of hydrogen-bond donors (Lipinski definition) is 1. The number of carboxylic acids is 1. The molecule has 1 N–H and O–H groups in total. The summed E-state index contributed by atoms with van der Waals surface area (Å²) in [6.07, 6.45) is 1.22. The maximum Gasteiger partial charge on any atom is 0.308 e. The van der Waals surface area contributed by atoms with Crippen LogP contribution in [-0.4, -0.2) is 39.0 Å². The second-order valence-corrected chi connectivity index (χ2v) is 7.59. The van der Waals surface area contributed by atoms with Gasteiger partial charge in [-0.3, -0.25) is 9.59 Å². The number of aromatic nitrogens is 1. The molecule has 1 amide bonds. The lowest BCUT2D eigenvalue weighted by Crippen LogP contribution is -2.49. The Morgan fingerprint density at radius 1 is 1.14 bits per heavy atom. The van der Waals surface area contributed by atoms with Gasteiger partial charge in [0.2, 0.25) is 0 Å². The van der Waals surface area contributed by atoms with E-state index in [4.69, 9.17) is 0 Å². The van der Waals surface area contributed by atoms with Gasteiger partial charge in [0.1, 0.15) is 11.5 Å². The summed E-state index contributed by atoms with van der Waals surface area (Å²) in [7, 11) is 0. The van der Waals surface area contributed by atoms with Crippen molar-refractivity contribution in [1.82, 2.24) is 9.47 Å². The minimum absolute atomic E-state index is 0.212. The number of amides is 1. The number of halogens is 1. The molecule has 1 aliphatic heterocycles. The lowest BCUT2D eigenvalue weighted by atomic mass is 9.90. The Bertz CT molecular complexity index is 1070. The van der Waals surface area contributed by atoms with E-state index in [2.05, 4.69) is 0 Å². The molecule has 29 heavy (non-hydrogen) atoms. The predicted molar refractivity (Wildman–Crippen MR) is 108 cm³/mol. The first-order valence-electron chi connectivity index (χ1n) is 9.83. The first-order valence-corrected chi connectivity index (χ1v) is 9.83. The molecule has 0 saturated carbocycles. The van der Waals surface area contributed by atoms with Crippen molar-refractivity contribution in [3.05, 3.63) is 71.7 Å². The van der Waals surface area contributed by atoms with Crippen molar-refractivity contribution in [3.8, 4) is 0 Å². The highest BCUT2D eigenvalue weighted by atomic mass is 19.1. The van der Waals surface area contributed by atoms with Gasteiger partial charge in [-0.05, 0) is 38.0 Å². The van der Waals surface area contributed by atoms with Gasteiger partial charge in [0.25, 0.3) is 5.91 Å². The Balaban J connectivity index is 1.76. The van der Waals surface area contributed by atoms with Gasteiger partial charge in [0, 0.05) is 29.1 Å². The lowest BCUT2D eigenvalue weighted by Gasteiger charge is -2.37. The highest BCUT2D eigenvalue weighted by molar-refractivity contribution is 5.99. The SMILES string of the molecule is C[C@@H]1[C@H](C(=O)O)CCCN1C(=O)c1cc2ccccc2n1Cc1ccccc1F. The normalized spacial score (nSPS) is 19.4. The number of hydrogen-bond acceptors (Lipinski definition) is 2. The molecular weight excluding hydrogens is 371 g/mol. The van der Waals surface area contributed by atoms with E-state index >= 15 is 0 Å². The van der Waals surface area contributed by atoms with Crippen molar-refractivity contribution in [3.63, 3.8) is 0 Å². The van der Waals surface area contributed by atoms with Crippen LogP contribution in [0.25, 0.3) is 10.9 Å². The molecule has 5 nitrogen and oxygen atoms in total. The zero-order chi connectivity index (χ0) is 20.5. The Hall–Kier alpha value is -3.15. The fourth-order valence-corrected chi connectivity index (χ4v) is 4.26. The number of aliphatic carboxylic acids is 1. The van der Waals surface area contributed by atoms with Crippen molar-refractivity contribution in [2.45, 2.75) is 32.4 Å². The molecule has 0 unspecified atom stereocenters. The third-order valence-electron chi connectivity index (χ3n) is 5.88. The maximum absolute atomic E-state index is 14.3. The summed E-state index contributed by atoms with van der Waals surface area (Å²) in [6.45, 7) is 2.54. The van der Waals surface area contributed by atoms with Gasteiger partial charge in [-0.2, -0.15) is 0 Å². The first-order chi connectivity index (χ1) is 14.0. The monoisotopic (exact) mass is 394 g/mol. The number of nitrogens with zero attached hydrogens (tertiary/aromatic N) is 2. The summed E-state index contributed by atoms with van der Waals surface area (Å²) in [5, 5.41) is 10.4. The minimum atomic E-state index is -0.873. The third-order valence-corrected chi connectivity index (χ3v) is 5.88. The van der Waals surface area contributed by atoms with E-state index in [-0.39, 0.29) is 18.3 Å². The number of piperidine rings is 1. The topological polar surface area (TPSA) is 62.5 Å². The lowest BCUT2D eigenvalue weighted by molar-refractivity contribution is -0.144. The molecule has 0 spiro atoms. The van der Waals surface area contributed by atoms with E-state index in [9.17, 15) is 19.1 Å². The first kappa shape index (κ1) is 19.2. The molecule has 4 rings (SSSR count). The Labute approximate surface area is 168 Å². The molecule has 150 valence electrons. The van der Waals surface area contributed by atoms with E-state index in [0.29, 0.717) is 30.6 Å². The van der Waals surface area contributed by atoms with Crippen LogP contribution in [0.5, 0.6) is 0 Å². The fourth-order valence-electron chi connectivity index (χ4n) is 4.26. The largest absolute Gasteiger partial charge is 0.481 e. The van der Waals surface area contributed by atoms with Gasteiger partial charge in [-0.25, -0.2) is 4.39 Å². The van der Waals surface area contributed by atoms with Gasteiger partial charge in [0.05, 0.1) is 12.5 Å². The number of para-hydroxylation sites is 1. The van der Waals surface area contributed by atoms with Gasteiger partial charge < -0.3 is 14.6 Å². The summed E-state index contributed by atoms with van der Waals surface area (Å²) >= 11 is 0. The van der Waals surface area contributed by atoms with E-state index in [0.717, 1.165) is 10.9 Å². The van der Waals surface area contributed by atoms with Crippen molar-refractivity contribution < 1.29 is 19.1 Å². The van der Waals surface area contributed by atoms with Crippen LogP contribution in [0.15, 0.2) is 54.6 Å². The van der Waals surface area contributed by atoms with Crippen LogP contribution in [0.1, 0.15) is 35.8 Å². The van der Waals surface area contributed by atoms with Crippen LogP contribution in [0.2, 0.25) is 0 Å². The molecule has 2 aromatic carbocycles. The highest BCUT2D eigenvalue weighted by Crippen LogP contribution is 2.28. The Morgan fingerprint density at radius 2 is 1.86 bits per heavy atom. The number of benzene rings is 2. The van der Waals surface area contributed by atoms with E-state index < -0.39 is 17.9 Å². The molecule has 3 aromatic rings. The summed E-state index contributed by atoms with van der Waals surface area (Å²) in [5.74, 6) is -1.98. The van der Waals surface area contributed by atoms with Crippen LogP contribution in [0.4, 0.5) is 4.39 Å². The van der Waals surface area contributed by atoms with Gasteiger partial charge in [0.15, 0.2) is 0 Å². The standard InChI is InChI=1S/C23H23FN2O3/c1-15-18(23(28)29)9-6-12-25(15)22(27)21-13-16-7-3-5-11-20(16)26(21)14-17-8-2-4-10-19(17)24/h2-5,7-8,10-11,13,15,18H,6,9,12,14H2,1H3,(H,28,29)/t15-,18-/m1/s1. The van der Waals surface area contributed by atoms with Crippen LogP contribution in [0, 0.1) is 11.7 Å². The summed E-state index contributed by atoms with van der Waals surface area (Å²) in [6, 6.07) is 15.6. The van der Waals surface area contributed by atoms with Crippen molar-refractivity contribution in [1.29, 1.82) is 0 Å². The van der Waals surface area contributed by atoms with Crippen LogP contribution in [-0.2, 0) is 11.3 Å². The quantitative estimate of drug-likeness (QED) is 0.723. The van der Waals surface area contributed by atoms with Gasteiger partial charge in [-0.15, -0.1) is 0 Å². The van der Waals surface area contributed by atoms with Crippen LogP contribution in [0.3, 0.4) is 0 Å². The molecule has 1 aliphatic rings. The zero-order valence-electron chi connectivity index (χ0n) is 16.2. The average Bonchev–Trinajstić information content (AvgIpc) is 3.08. The number of carboxylic acid groups (broad SMARTS) is 1. The number of carbonyl (C=O) groups is 2. The molecule has 2 atom stereocenters. The molecule has 0 aliphatic carbocycles. The van der Waals surface area contributed by atoms with Gasteiger partial charge in [-0.1, -0.05) is 36.4 Å². The van der Waals surface area contributed by atoms with E-state index in [1.165, 1.54) is 6.07 Å². The molecule has 1 fully saturated rings. The maximum atomic E-state index is 14.3. The minimum Gasteiger partial charge on any atom is -0.481 e. The third kappa shape index (κ3) is 3.50. The predicted octanol–water partition coefficient (Wildman–Crippen LogP) is 4.15. The summed E-state index contributed by atoms with van der Waals surface area (Å²) in [4.78, 5) is 26.7. The molecule has 0 bridgehead atoms. The number of fused-ring (bicyclic) bond motifs is 1. The smallest absolute Gasteiger partial charge is 0.308 e. The Kier molecular flexibility index (Phi) is 5.09. The molecule has 1 saturated heterocycles. The highest BCUT2D eigenvalue weighted by Gasteiger charge is 2.36. The summed E-state index contributed by atoms with van der Waals surface area (Å²) < 4.78 is 16.1. The van der Waals surface area contributed by atoms with E-state index in [1.807, 2.05) is 34.9 Å². The second-order valence-electron chi connectivity index (χ2n) is 7.59. The molecule has 6 heteroatoms. The van der Waals surface area contributed by atoms with Crippen molar-refractivity contribution >= 4 is 22.8 Å². The zero-order valence-corrected chi connectivity index (χ0v) is 16.2. The Morgan fingerprint density at radius 3 is 2.62 bits per heavy atom. The summed E-state index contributed by atoms with van der Waals surface area (Å²) in [5.41, 5.74) is 1.80. The molecule has 2 heterocycles. The van der Waals surface area contributed by atoms with Crippen LogP contribution >= 0.6 is 0 Å². The van der Waals surface area contributed by atoms with Gasteiger partial charge >= 0.3 is 5.97 Å². The van der Waals surface area contributed by atoms with Crippen molar-refractivity contribution in [2.24, 2.45) is 5.92 Å². The number of likely N-dealkylation sites (tertiary alicyclic amines) is 1. The van der Waals surface area contributed by atoms with Crippen molar-refractivity contribution in [2.75, 3.05) is 6.54 Å². The van der Waals surface area contributed by atoms with E-state index in [1.54, 1.807) is 30.0 Å². The molecular formula is C23H23FN2O3. The number of carbonyl (C=O) groups excluding carboxylic acids is 1. The van der Waals surface area contributed by atoms with Crippen LogP contribution < -0.4 is 0 Å². The number of rotatable bonds is 4. The second kappa shape index (κ2) is 7.70.